The van der Waals surface area contributed by atoms with Gasteiger partial charge >= 0.3 is 0 Å². The van der Waals surface area contributed by atoms with Gasteiger partial charge in [-0.1, -0.05) is 23.7 Å². The molecule has 2 amide bonds. The second kappa shape index (κ2) is 7.84. The summed E-state index contributed by atoms with van der Waals surface area (Å²) >= 11 is 5.79. The van der Waals surface area contributed by atoms with Crippen molar-refractivity contribution in [3.05, 3.63) is 40.9 Å². The molecule has 0 aromatic heterocycles. The molecule has 4 nitrogen and oxygen atoms in total. The zero-order valence-corrected chi connectivity index (χ0v) is 12.6. The Labute approximate surface area is 129 Å². The van der Waals surface area contributed by atoms with Crippen molar-refractivity contribution in [1.29, 1.82) is 0 Å². The Morgan fingerprint density at radius 2 is 1.86 bits per heavy atom. The van der Waals surface area contributed by atoms with Crippen molar-refractivity contribution in [2.24, 2.45) is 0 Å². The van der Waals surface area contributed by atoms with E-state index in [2.05, 4.69) is 5.32 Å². The Morgan fingerprint density at radius 3 is 2.52 bits per heavy atom. The number of nitrogens with zero attached hydrogens (tertiary/aromatic N) is 1. The van der Waals surface area contributed by atoms with Crippen LogP contribution in [0.5, 0.6) is 0 Å². The maximum atomic E-state index is 11.8. The van der Waals surface area contributed by atoms with Gasteiger partial charge in [-0.05, 0) is 36.6 Å². The van der Waals surface area contributed by atoms with Gasteiger partial charge in [-0.3, -0.25) is 9.59 Å². The summed E-state index contributed by atoms with van der Waals surface area (Å²) in [6.45, 7) is 2.08. The molecule has 1 fully saturated rings. The molecule has 1 aliphatic heterocycles. The van der Waals surface area contributed by atoms with Crippen LogP contribution in [-0.4, -0.2) is 36.3 Å². The second-order valence-electron chi connectivity index (χ2n) is 5.01. The van der Waals surface area contributed by atoms with Gasteiger partial charge in [-0.25, -0.2) is 0 Å². The van der Waals surface area contributed by atoms with Crippen molar-refractivity contribution in [3.63, 3.8) is 0 Å². The number of amides is 2. The van der Waals surface area contributed by atoms with Gasteiger partial charge in [0, 0.05) is 37.2 Å². The summed E-state index contributed by atoms with van der Waals surface area (Å²) in [6.07, 6.45) is 5.71. The molecule has 1 aliphatic rings. The largest absolute Gasteiger partial charge is 0.352 e. The molecular weight excluding hydrogens is 288 g/mol. The van der Waals surface area contributed by atoms with E-state index < -0.39 is 0 Å². The minimum Gasteiger partial charge on any atom is -0.352 e. The maximum absolute atomic E-state index is 11.8. The van der Waals surface area contributed by atoms with Crippen molar-refractivity contribution >= 4 is 29.5 Å². The minimum atomic E-state index is -0.195. The number of carbonyl (C=O) groups is 2. The molecule has 0 unspecified atom stereocenters. The van der Waals surface area contributed by atoms with Gasteiger partial charge in [0.1, 0.15) is 0 Å². The molecule has 1 N–H and O–H groups in total. The number of rotatable bonds is 5. The highest BCUT2D eigenvalue weighted by Gasteiger charge is 2.17. The Balaban J connectivity index is 1.69. The molecule has 0 aliphatic carbocycles. The third-order valence-electron chi connectivity index (χ3n) is 3.39. The summed E-state index contributed by atoms with van der Waals surface area (Å²) in [5.41, 5.74) is 0.905. The summed E-state index contributed by atoms with van der Waals surface area (Å²) in [4.78, 5) is 25.3. The number of hydrogen-bond acceptors (Lipinski definition) is 2. The van der Waals surface area contributed by atoms with Gasteiger partial charge in [0.15, 0.2) is 0 Å². The molecule has 5 heteroatoms. The molecule has 21 heavy (non-hydrogen) atoms. The molecule has 0 radical (unpaired) electrons. The first-order valence-corrected chi connectivity index (χ1v) is 7.52. The van der Waals surface area contributed by atoms with E-state index in [1.807, 2.05) is 17.0 Å². The molecule has 1 heterocycles. The number of nitrogens with one attached hydrogen (secondary N) is 1. The third kappa shape index (κ3) is 5.23. The lowest BCUT2D eigenvalue weighted by Gasteiger charge is -2.14. The highest BCUT2D eigenvalue weighted by atomic mass is 35.5. The Bertz CT molecular complexity index is 520. The molecule has 1 saturated heterocycles. The normalized spacial score (nSPS) is 14.6. The average Bonchev–Trinajstić information content (AvgIpc) is 3.01. The summed E-state index contributed by atoms with van der Waals surface area (Å²) < 4.78 is 0. The first-order chi connectivity index (χ1) is 10.1. The lowest BCUT2D eigenvalue weighted by atomic mass is 10.2. The minimum absolute atomic E-state index is 0.120. The summed E-state index contributed by atoms with van der Waals surface area (Å²) in [5, 5.41) is 3.38. The highest BCUT2D eigenvalue weighted by Crippen LogP contribution is 2.10. The van der Waals surface area contributed by atoms with Crippen molar-refractivity contribution in [1.82, 2.24) is 10.2 Å². The molecule has 0 bridgehead atoms. The lowest BCUT2D eigenvalue weighted by Crippen LogP contribution is -2.32. The molecule has 0 saturated carbocycles. The number of benzene rings is 1. The number of hydrogen-bond donors (Lipinski definition) is 1. The van der Waals surface area contributed by atoms with E-state index in [1.165, 1.54) is 6.08 Å². The van der Waals surface area contributed by atoms with Gasteiger partial charge in [-0.2, -0.15) is 0 Å². The molecule has 0 spiro atoms. The van der Waals surface area contributed by atoms with Crippen LogP contribution in [0.3, 0.4) is 0 Å². The van der Waals surface area contributed by atoms with Crippen LogP contribution in [0, 0.1) is 0 Å². The van der Waals surface area contributed by atoms with Gasteiger partial charge in [0.2, 0.25) is 11.8 Å². The van der Waals surface area contributed by atoms with Crippen LogP contribution in [-0.2, 0) is 9.59 Å². The monoisotopic (exact) mass is 306 g/mol. The fourth-order valence-electron chi connectivity index (χ4n) is 2.22. The van der Waals surface area contributed by atoms with Gasteiger partial charge < -0.3 is 10.2 Å². The fourth-order valence-corrected chi connectivity index (χ4v) is 2.35. The van der Waals surface area contributed by atoms with E-state index in [9.17, 15) is 9.59 Å². The van der Waals surface area contributed by atoms with E-state index in [0.717, 1.165) is 31.5 Å². The SMILES string of the molecule is O=C(/C=C/c1ccc(Cl)cc1)NCCC(=O)N1CCCC1. The molecule has 2 rings (SSSR count). The third-order valence-corrected chi connectivity index (χ3v) is 3.65. The maximum Gasteiger partial charge on any atom is 0.244 e. The fraction of sp³-hybridized carbons (Fsp3) is 0.375. The van der Waals surface area contributed by atoms with Crippen molar-refractivity contribution in [2.75, 3.05) is 19.6 Å². The van der Waals surface area contributed by atoms with Crippen molar-refractivity contribution in [3.8, 4) is 0 Å². The quantitative estimate of drug-likeness (QED) is 0.850. The Hall–Kier alpha value is -1.81. The van der Waals surface area contributed by atoms with Crippen LogP contribution >= 0.6 is 11.6 Å². The van der Waals surface area contributed by atoms with Crippen LogP contribution in [0.1, 0.15) is 24.8 Å². The summed E-state index contributed by atoms with van der Waals surface area (Å²) in [6, 6.07) is 7.22. The highest BCUT2D eigenvalue weighted by molar-refractivity contribution is 6.30. The van der Waals surface area contributed by atoms with E-state index in [0.29, 0.717) is 18.0 Å². The molecular formula is C16H19ClN2O2. The number of carbonyl (C=O) groups excluding carboxylic acids is 2. The van der Waals surface area contributed by atoms with Crippen LogP contribution in [0.15, 0.2) is 30.3 Å². The van der Waals surface area contributed by atoms with Crippen LogP contribution in [0.25, 0.3) is 6.08 Å². The second-order valence-corrected chi connectivity index (χ2v) is 5.45. The van der Waals surface area contributed by atoms with Crippen molar-refractivity contribution in [2.45, 2.75) is 19.3 Å². The predicted molar refractivity (Wildman–Crippen MR) is 83.9 cm³/mol. The van der Waals surface area contributed by atoms with Gasteiger partial charge in [0.25, 0.3) is 0 Å². The smallest absolute Gasteiger partial charge is 0.244 e. The Morgan fingerprint density at radius 1 is 1.19 bits per heavy atom. The zero-order chi connectivity index (χ0) is 15.1. The van der Waals surface area contributed by atoms with E-state index in [4.69, 9.17) is 11.6 Å². The van der Waals surface area contributed by atoms with E-state index >= 15 is 0 Å². The summed E-state index contributed by atoms with van der Waals surface area (Å²) in [5.74, 6) is -0.0753. The number of halogens is 1. The Kier molecular flexibility index (Phi) is 5.81. The number of likely N-dealkylation sites (tertiary alicyclic amines) is 1. The van der Waals surface area contributed by atoms with Crippen LogP contribution in [0.4, 0.5) is 0 Å². The summed E-state index contributed by atoms with van der Waals surface area (Å²) in [7, 11) is 0. The first kappa shape index (κ1) is 15.6. The lowest BCUT2D eigenvalue weighted by molar-refractivity contribution is -0.130. The zero-order valence-electron chi connectivity index (χ0n) is 11.8. The first-order valence-electron chi connectivity index (χ1n) is 7.14. The van der Waals surface area contributed by atoms with E-state index in [-0.39, 0.29) is 11.8 Å². The molecule has 0 atom stereocenters. The van der Waals surface area contributed by atoms with Gasteiger partial charge in [-0.15, -0.1) is 0 Å². The van der Waals surface area contributed by atoms with Crippen LogP contribution in [0.2, 0.25) is 5.02 Å². The standard InChI is InChI=1S/C16H19ClN2O2/c17-14-6-3-13(4-7-14)5-8-15(20)18-10-9-16(21)19-11-1-2-12-19/h3-8H,1-2,9-12H2,(H,18,20)/b8-5+. The van der Waals surface area contributed by atoms with Crippen LogP contribution < -0.4 is 5.32 Å². The van der Waals surface area contributed by atoms with E-state index in [1.54, 1.807) is 18.2 Å². The average molecular weight is 307 g/mol. The topological polar surface area (TPSA) is 49.4 Å². The molecule has 112 valence electrons. The molecule has 1 aromatic carbocycles. The van der Waals surface area contributed by atoms with Crippen molar-refractivity contribution < 1.29 is 9.59 Å². The predicted octanol–water partition coefficient (Wildman–Crippen LogP) is 2.48. The van der Waals surface area contributed by atoms with Gasteiger partial charge in [0.05, 0.1) is 0 Å². The molecule has 1 aromatic rings.